The first-order valence-electron chi connectivity index (χ1n) is 5.86. The van der Waals surface area contributed by atoms with Crippen LogP contribution in [0.5, 0.6) is 0 Å². The lowest BCUT2D eigenvalue weighted by Gasteiger charge is -2.12. The third-order valence-electron chi connectivity index (χ3n) is 2.38. The Morgan fingerprint density at radius 2 is 2.00 bits per heavy atom. The van der Waals surface area contributed by atoms with E-state index in [1.54, 1.807) is 14.1 Å². The van der Waals surface area contributed by atoms with Crippen LogP contribution in [0.25, 0.3) is 0 Å². The number of amides is 3. The topological polar surface area (TPSA) is 117 Å². The van der Waals surface area contributed by atoms with Gasteiger partial charge in [-0.3, -0.25) is 14.9 Å². The first-order chi connectivity index (χ1) is 9.82. The smallest absolute Gasteiger partial charge is 0.316 e. The van der Waals surface area contributed by atoms with Crippen molar-refractivity contribution in [2.24, 2.45) is 0 Å². The first kappa shape index (κ1) is 16.6. The molecule has 0 fully saturated rings. The second-order valence-electron chi connectivity index (χ2n) is 4.16. The lowest BCUT2D eigenvalue weighted by Crippen LogP contribution is -2.39. The summed E-state index contributed by atoms with van der Waals surface area (Å²) in [4.78, 5) is 38.1. The van der Waals surface area contributed by atoms with E-state index >= 15 is 0 Å². The van der Waals surface area contributed by atoms with E-state index in [2.05, 4.69) is 15.6 Å². The molecule has 0 aromatic carbocycles. The molecule has 0 aliphatic carbocycles. The standard InChI is InChI=1S/C11H14ClN5O4/c1-16(2)11(19)14-4-3-13-10(18)7-5-9(12)15-6-8(7)17(20)21/h5-6H,3-4H2,1-2H3,(H,13,18)(H,14,19). The monoisotopic (exact) mass is 315 g/mol. The fraction of sp³-hybridized carbons (Fsp3) is 0.364. The fourth-order valence-electron chi connectivity index (χ4n) is 1.35. The summed E-state index contributed by atoms with van der Waals surface area (Å²) < 4.78 is 0. The van der Waals surface area contributed by atoms with Crippen molar-refractivity contribution in [3.05, 3.63) is 33.1 Å². The summed E-state index contributed by atoms with van der Waals surface area (Å²) in [6.07, 6.45) is 0.922. The highest BCUT2D eigenvalue weighted by Crippen LogP contribution is 2.19. The number of rotatable bonds is 5. The number of nitro groups is 1. The maximum Gasteiger partial charge on any atom is 0.316 e. The van der Waals surface area contributed by atoms with Gasteiger partial charge >= 0.3 is 6.03 Å². The maximum atomic E-state index is 11.9. The zero-order chi connectivity index (χ0) is 16.0. The average molecular weight is 316 g/mol. The average Bonchev–Trinajstić information content (AvgIpc) is 2.42. The van der Waals surface area contributed by atoms with Crippen molar-refractivity contribution in [3.63, 3.8) is 0 Å². The molecule has 0 spiro atoms. The van der Waals surface area contributed by atoms with Gasteiger partial charge in [0.25, 0.3) is 11.6 Å². The second-order valence-corrected chi connectivity index (χ2v) is 4.55. The van der Waals surface area contributed by atoms with Crippen molar-refractivity contribution < 1.29 is 14.5 Å². The molecule has 0 unspecified atom stereocenters. The number of carbonyl (C=O) groups excluding carboxylic acids is 2. The SMILES string of the molecule is CN(C)C(=O)NCCNC(=O)c1cc(Cl)ncc1[N+](=O)[O-]. The van der Waals surface area contributed by atoms with Crippen LogP contribution in [0.2, 0.25) is 5.15 Å². The van der Waals surface area contributed by atoms with Crippen LogP contribution in [-0.2, 0) is 0 Å². The maximum absolute atomic E-state index is 11.9. The molecular weight excluding hydrogens is 302 g/mol. The molecule has 0 saturated carbocycles. The molecule has 2 N–H and O–H groups in total. The molecule has 3 amide bonds. The van der Waals surface area contributed by atoms with E-state index in [1.807, 2.05) is 0 Å². The normalized spacial score (nSPS) is 9.86. The number of hydrogen-bond donors (Lipinski definition) is 2. The molecule has 1 heterocycles. The molecule has 0 bridgehead atoms. The Balaban J connectivity index is 2.62. The van der Waals surface area contributed by atoms with Crippen molar-refractivity contribution in [2.75, 3.05) is 27.2 Å². The molecule has 0 radical (unpaired) electrons. The van der Waals surface area contributed by atoms with Crippen molar-refractivity contribution in [1.29, 1.82) is 0 Å². The lowest BCUT2D eigenvalue weighted by molar-refractivity contribution is -0.385. The molecule has 0 saturated heterocycles. The molecule has 0 aliphatic rings. The highest BCUT2D eigenvalue weighted by molar-refractivity contribution is 6.29. The van der Waals surface area contributed by atoms with Gasteiger partial charge in [0.2, 0.25) is 0 Å². The summed E-state index contributed by atoms with van der Waals surface area (Å²) in [6.45, 7) is 0.310. The number of aromatic nitrogens is 1. The van der Waals surface area contributed by atoms with Gasteiger partial charge in [0, 0.05) is 27.2 Å². The molecule has 0 atom stereocenters. The molecule has 114 valence electrons. The van der Waals surface area contributed by atoms with Crippen LogP contribution in [0, 0.1) is 10.1 Å². The second kappa shape index (κ2) is 7.39. The van der Waals surface area contributed by atoms with Gasteiger partial charge in [0.15, 0.2) is 0 Å². The number of nitrogens with zero attached hydrogens (tertiary/aromatic N) is 3. The van der Waals surface area contributed by atoms with Crippen molar-refractivity contribution in [3.8, 4) is 0 Å². The first-order valence-corrected chi connectivity index (χ1v) is 6.24. The van der Waals surface area contributed by atoms with Gasteiger partial charge in [-0.15, -0.1) is 0 Å². The minimum absolute atomic E-state index is 0.0216. The third kappa shape index (κ3) is 4.88. The fourth-order valence-corrected chi connectivity index (χ4v) is 1.51. The van der Waals surface area contributed by atoms with Crippen molar-refractivity contribution >= 4 is 29.2 Å². The highest BCUT2D eigenvalue weighted by atomic mass is 35.5. The number of carbonyl (C=O) groups is 2. The third-order valence-corrected chi connectivity index (χ3v) is 2.59. The number of halogens is 1. The van der Waals surface area contributed by atoms with Crippen LogP contribution >= 0.6 is 11.6 Å². The Morgan fingerprint density at radius 1 is 1.38 bits per heavy atom. The van der Waals surface area contributed by atoms with Crippen LogP contribution in [0.15, 0.2) is 12.3 Å². The summed E-state index contributed by atoms with van der Waals surface area (Å²) in [6, 6.07) is 0.815. The van der Waals surface area contributed by atoms with Crippen LogP contribution in [0.3, 0.4) is 0 Å². The summed E-state index contributed by atoms with van der Waals surface area (Å²) >= 11 is 5.63. The molecule has 1 rings (SSSR count). The summed E-state index contributed by atoms with van der Waals surface area (Å²) in [7, 11) is 3.16. The zero-order valence-corrected chi connectivity index (χ0v) is 12.2. The van der Waals surface area contributed by atoms with Crippen LogP contribution in [0.1, 0.15) is 10.4 Å². The van der Waals surface area contributed by atoms with Gasteiger partial charge in [0.05, 0.1) is 4.92 Å². The van der Waals surface area contributed by atoms with Gasteiger partial charge in [-0.25, -0.2) is 9.78 Å². The Hall–Kier alpha value is -2.42. The summed E-state index contributed by atoms with van der Waals surface area (Å²) in [5.74, 6) is -0.662. The number of hydrogen-bond acceptors (Lipinski definition) is 5. The molecular formula is C11H14ClN5O4. The van der Waals surface area contributed by atoms with E-state index in [0.717, 1.165) is 12.3 Å². The molecule has 0 aliphatic heterocycles. The van der Waals surface area contributed by atoms with Crippen molar-refractivity contribution in [1.82, 2.24) is 20.5 Å². The molecule has 1 aromatic rings. The minimum Gasteiger partial charge on any atom is -0.350 e. The highest BCUT2D eigenvalue weighted by Gasteiger charge is 2.21. The molecule has 21 heavy (non-hydrogen) atoms. The number of pyridine rings is 1. The Kier molecular flexibility index (Phi) is 5.85. The predicted molar refractivity (Wildman–Crippen MR) is 75.3 cm³/mol. The largest absolute Gasteiger partial charge is 0.350 e. The van der Waals surface area contributed by atoms with E-state index in [-0.39, 0.29) is 29.8 Å². The quantitative estimate of drug-likeness (QED) is 0.358. The molecule has 9 nitrogen and oxygen atoms in total. The van der Waals surface area contributed by atoms with Gasteiger partial charge in [-0.2, -0.15) is 0 Å². The van der Waals surface area contributed by atoms with E-state index in [4.69, 9.17) is 11.6 Å². The Bertz CT molecular complexity index is 564. The van der Waals surface area contributed by atoms with E-state index in [9.17, 15) is 19.7 Å². The van der Waals surface area contributed by atoms with E-state index in [0.29, 0.717) is 0 Å². The minimum atomic E-state index is -0.716. The molecule has 10 heteroatoms. The van der Waals surface area contributed by atoms with Crippen LogP contribution < -0.4 is 10.6 Å². The van der Waals surface area contributed by atoms with E-state index in [1.165, 1.54) is 4.90 Å². The number of nitrogens with one attached hydrogen (secondary N) is 2. The van der Waals surface area contributed by atoms with Crippen LogP contribution in [-0.4, -0.2) is 53.9 Å². The van der Waals surface area contributed by atoms with Gasteiger partial charge in [-0.1, -0.05) is 11.6 Å². The Labute approximate surface area is 125 Å². The van der Waals surface area contributed by atoms with Gasteiger partial charge in [0.1, 0.15) is 16.9 Å². The molecule has 1 aromatic heterocycles. The van der Waals surface area contributed by atoms with Gasteiger partial charge in [-0.05, 0) is 6.07 Å². The lowest BCUT2D eigenvalue weighted by atomic mass is 10.2. The zero-order valence-electron chi connectivity index (χ0n) is 11.4. The Morgan fingerprint density at radius 3 is 2.57 bits per heavy atom. The van der Waals surface area contributed by atoms with E-state index < -0.39 is 16.5 Å². The van der Waals surface area contributed by atoms with Gasteiger partial charge < -0.3 is 15.5 Å². The summed E-state index contributed by atoms with van der Waals surface area (Å²) in [5, 5.41) is 15.8. The van der Waals surface area contributed by atoms with Crippen molar-refractivity contribution in [2.45, 2.75) is 0 Å². The number of urea groups is 1. The predicted octanol–water partition coefficient (Wildman–Crippen LogP) is 0.644. The summed E-state index contributed by atoms with van der Waals surface area (Å²) in [5.41, 5.74) is -0.617. The van der Waals surface area contributed by atoms with Crippen LogP contribution in [0.4, 0.5) is 10.5 Å².